The van der Waals surface area contributed by atoms with Crippen molar-refractivity contribution >= 4 is 58.1 Å². The van der Waals surface area contributed by atoms with Gasteiger partial charge in [0.2, 0.25) is 17.7 Å². The molecule has 8 nitrogen and oxygen atoms in total. The summed E-state index contributed by atoms with van der Waals surface area (Å²) in [5.41, 5.74) is 1.26. The minimum Gasteiger partial charge on any atom is -0.497 e. The van der Waals surface area contributed by atoms with Gasteiger partial charge in [0.05, 0.1) is 23.7 Å². The fourth-order valence-corrected chi connectivity index (χ4v) is 8.55. The number of hydrogen-bond donors (Lipinski definition) is 0. The molecule has 3 unspecified atom stereocenters. The van der Waals surface area contributed by atoms with E-state index in [0.717, 1.165) is 36.2 Å². The van der Waals surface area contributed by atoms with Gasteiger partial charge in [-0.15, -0.1) is 0 Å². The zero-order valence-corrected chi connectivity index (χ0v) is 23.6. The molecule has 3 aliphatic heterocycles. The second-order valence-electron chi connectivity index (χ2n) is 9.87. The lowest BCUT2D eigenvalue weighted by molar-refractivity contribution is -0.133. The summed E-state index contributed by atoms with van der Waals surface area (Å²) in [6.45, 7) is 1.30. The largest absolute Gasteiger partial charge is 0.497 e. The summed E-state index contributed by atoms with van der Waals surface area (Å²) in [5, 5.41) is 0.402. The summed E-state index contributed by atoms with van der Waals surface area (Å²) < 4.78 is 6.73. The molecule has 3 aromatic rings. The number of benzene rings is 2. The highest BCUT2D eigenvalue weighted by Gasteiger charge is 2.56. The number of likely N-dealkylation sites (tertiary alicyclic amines) is 1. The number of amides is 3. The second kappa shape index (κ2) is 10.5. The van der Waals surface area contributed by atoms with E-state index < -0.39 is 17.1 Å². The molecule has 3 amide bonds. The average molecular weight is 584 g/mol. The van der Waals surface area contributed by atoms with Crippen molar-refractivity contribution in [3.63, 3.8) is 0 Å². The maximum absolute atomic E-state index is 13.9. The van der Waals surface area contributed by atoms with E-state index in [9.17, 15) is 19.2 Å². The third-order valence-corrected chi connectivity index (χ3v) is 10.5. The van der Waals surface area contributed by atoms with Gasteiger partial charge in [-0.3, -0.25) is 23.7 Å². The third kappa shape index (κ3) is 4.58. The first-order valence-corrected chi connectivity index (χ1v) is 14.9. The van der Waals surface area contributed by atoms with Gasteiger partial charge in [-0.05, 0) is 61.2 Å². The van der Waals surface area contributed by atoms with Crippen LogP contribution in [0, 0.1) is 5.92 Å². The van der Waals surface area contributed by atoms with E-state index in [4.69, 9.17) is 16.3 Å². The maximum atomic E-state index is 13.9. The lowest BCUT2D eigenvalue weighted by atomic mass is 9.83. The van der Waals surface area contributed by atoms with Crippen LogP contribution < -0.4 is 14.5 Å². The molecule has 1 aromatic heterocycles. The molecule has 2 aromatic carbocycles. The zero-order valence-electron chi connectivity index (χ0n) is 21.2. The molecule has 4 heterocycles. The summed E-state index contributed by atoms with van der Waals surface area (Å²) in [7, 11) is 1.55. The number of imide groups is 1. The number of thioether (sulfide) groups is 1. The minimum absolute atomic E-state index is 0.0767. The quantitative estimate of drug-likeness (QED) is 0.414. The van der Waals surface area contributed by atoms with Gasteiger partial charge in [0.15, 0.2) is 0 Å². The number of thiazole rings is 1. The molecule has 0 aliphatic carbocycles. The van der Waals surface area contributed by atoms with Gasteiger partial charge in [0.1, 0.15) is 17.5 Å². The Balaban J connectivity index is 1.42. The Morgan fingerprint density at radius 1 is 0.974 bits per heavy atom. The summed E-state index contributed by atoms with van der Waals surface area (Å²) in [6, 6.07) is 14.0. The number of fused-ring (bicyclic) bond motifs is 2. The Kier molecular flexibility index (Phi) is 7.03. The molecule has 3 atom stereocenters. The van der Waals surface area contributed by atoms with Gasteiger partial charge in [-0.1, -0.05) is 46.8 Å². The van der Waals surface area contributed by atoms with E-state index in [1.165, 1.54) is 21.2 Å². The number of piperidine rings is 1. The maximum Gasteiger partial charge on any atom is 0.308 e. The zero-order chi connectivity index (χ0) is 27.3. The molecule has 0 radical (unpaired) electrons. The molecule has 0 N–H and O–H groups in total. The highest BCUT2D eigenvalue weighted by molar-refractivity contribution is 8.00. The SMILES string of the molecule is COc1ccc(N2C(=O)C3Sc4c(sc(=O)n4CC(=O)N4CCCCC4)C(c4ccc(Cl)cc4)C3C2=O)cc1. The Bertz CT molecular complexity index is 1490. The fraction of sp³-hybridized carbons (Fsp3) is 0.357. The first-order chi connectivity index (χ1) is 18.9. The normalized spacial score (nSPS) is 22.6. The Hall–Kier alpha value is -3.08. The Morgan fingerprint density at radius 2 is 1.67 bits per heavy atom. The molecule has 3 aliphatic rings. The lowest BCUT2D eigenvalue weighted by Gasteiger charge is -2.31. The number of methoxy groups -OCH3 is 1. The number of rotatable bonds is 5. The number of anilines is 1. The molecule has 202 valence electrons. The van der Waals surface area contributed by atoms with E-state index in [1.807, 2.05) is 17.0 Å². The standard InChI is InChI=1S/C28H26ClN3O5S2/c1-37-19-11-9-18(10-12-19)32-25(34)22-21(16-5-7-17(29)8-6-16)24-27(38-23(22)26(32)35)31(28(36)39-24)15-20(33)30-13-3-2-4-14-30/h5-12,21-23H,2-4,13-15H2,1H3. The van der Waals surface area contributed by atoms with E-state index in [1.54, 1.807) is 43.5 Å². The molecular formula is C28H26ClN3O5S2. The van der Waals surface area contributed by atoms with E-state index >= 15 is 0 Å². The Labute approximate surface area is 238 Å². The van der Waals surface area contributed by atoms with Gasteiger partial charge in [-0.25, -0.2) is 4.90 Å². The molecule has 0 saturated carbocycles. The topological polar surface area (TPSA) is 88.9 Å². The molecule has 39 heavy (non-hydrogen) atoms. The highest BCUT2D eigenvalue weighted by atomic mass is 35.5. The van der Waals surface area contributed by atoms with Gasteiger partial charge >= 0.3 is 4.87 Å². The third-order valence-electron chi connectivity index (χ3n) is 7.61. The first kappa shape index (κ1) is 26.2. The highest BCUT2D eigenvalue weighted by Crippen LogP contribution is 2.54. The molecule has 2 fully saturated rings. The number of hydrogen-bond acceptors (Lipinski definition) is 7. The first-order valence-electron chi connectivity index (χ1n) is 12.8. The van der Waals surface area contributed by atoms with Crippen molar-refractivity contribution in [2.45, 2.75) is 42.0 Å². The van der Waals surface area contributed by atoms with Crippen LogP contribution in [-0.4, -0.2) is 52.6 Å². The summed E-state index contributed by atoms with van der Waals surface area (Å²) >= 11 is 8.44. The Morgan fingerprint density at radius 3 is 2.33 bits per heavy atom. The van der Waals surface area contributed by atoms with Crippen LogP contribution in [0.25, 0.3) is 0 Å². The number of carbonyl (C=O) groups is 3. The monoisotopic (exact) mass is 583 g/mol. The van der Waals surface area contributed by atoms with Crippen LogP contribution >= 0.6 is 34.7 Å². The van der Waals surface area contributed by atoms with E-state index in [0.29, 0.717) is 39.5 Å². The second-order valence-corrected chi connectivity index (χ2v) is 12.4. The van der Waals surface area contributed by atoms with Crippen LogP contribution in [0.1, 0.15) is 35.6 Å². The van der Waals surface area contributed by atoms with E-state index in [2.05, 4.69) is 0 Å². The van der Waals surface area contributed by atoms with Crippen molar-refractivity contribution in [2.24, 2.45) is 5.92 Å². The van der Waals surface area contributed by atoms with Crippen molar-refractivity contribution in [1.29, 1.82) is 0 Å². The number of aromatic nitrogens is 1. The number of carbonyl (C=O) groups excluding carboxylic acids is 3. The molecular weight excluding hydrogens is 558 g/mol. The van der Waals surface area contributed by atoms with Crippen LogP contribution in [0.15, 0.2) is 58.4 Å². The molecule has 6 rings (SSSR count). The molecule has 0 spiro atoms. The van der Waals surface area contributed by atoms with Crippen molar-refractivity contribution in [3.8, 4) is 5.75 Å². The van der Waals surface area contributed by atoms with Crippen LogP contribution in [0.2, 0.25) is 5.02 Å². The van der Waals surface area contributed by atoms with E-state index in [-0.39, 0.29) is 29.1 Å². The predicted molar refractivity (Wildman–Crippen MR) is 151 cm³/mol. The van der Waals surface area contributed by atoms with Crippen molar-refractivity contribution in [3.05, 3.63) is 73.7 Å². The van der Waals surface area contributed by atoms with Crippen LogP contribution in [0.3, 0.4) is 0 Å². The van der Waals surface area contributed by atoms with Crippen LogP contribution in [0.4, 0.5) is 5.69 Å². The van der Waals surface area contributed by atoms with Crippen molar-refractivity contribution < 1.29 is 19.1 Å². The van der Waals surface area contributed by atoms with Gasteiger partial charge in [-0.2, -0.15) is 0 Å². The summed E-state index contributed by atoms with van der Waals surface area (Å²) in [5.74, 6) is -1.36. The van der Waals surface area contributed by atoms with Crippen LogP contribution in [-0.2, 0) is 20.9 Å². The summed E-state index contributed by atoms with van der Waals surface area (Å²) in [4.78, 5) is 57.6. The number of ether oxygens (including phenoxy) is 1. The predicted octanol–water partition coefficient (Wildman–Crippen LogP) is 4.38. The minimum atomic E-state index is -0.738. The smallest absolute Gasteiger partial charge is 0.308 e. The van der Waals surface area contributed by atoms with Gasteiger partial charge in [0, 0.05) is 28.9 Å². The molecule has 2 saturated heterocycles. The lowest BCUT2D eigenvalue weighted by Crippen LogP contribution is -2.39. The van der Waals surface area contributed by atoms with Gasteiger partial charge in [0.25, 0.3) is 0 Å². The number of halogens is 1. The fourth-order valence-electron chi connectivity index (χ4n) is 5.65. The average Bonchev–Trinajstić information content (AvgIpc) is 3.40. The van der Waals surface area contributed by atoms with Crippen molar-refractivity contribution in [1.82, 2.24) is 9.47 Å². The van der Waals surface area contributed by atoms with Gasteiger partial charge < -0.3 is 9.64 Å². The number of nitrogens with zero attached hydrogens (tertiary/aromatic N) is 3. The van der Waals surface area contributed by atoms with Crippen molar-refractivity contribution in [2.75, 3.05) is 25.1 Å². The molecule has 0 bridgehead atoms. The summed E-state index contributed by atoms with van der Waals surface area (Å²) in [6.07, 6.45) is 3.01. The van der Waals surface area contributed by atoms with Crippen LogP contribution in [0.5, 0.6) is 5.75 Å². The molecule has 11 heteroatoms.